The number of imidazole rings is 1. The van der Waals surface area contributed by atoms with Gasteiger partial charge < -0.3 is 19.3 Å². The number of urea groups is 1. The van der Waals surface area contributed by atoms with Crippen molar-refractivity contribution < 1.29 is 23.9 Å². The molecule has 2 aliphatic heterocycles. The van der Waals surface area contributed by atoms with Crippen molar-refractivity contribution in [2.24, 2.45) is 0 Å². The van der Waals surface area contributed by atoms with Crippen molar-refractivity contribution in [1.29, 1.82) is 0 Å². The van der Waals surface area contributed by atoms with Gasteiger partial charge in [0.25, 0.3) is 0 Å². The zero-order valence-electron chi connectivity index (χ0n) is 22.8. The molecule has 0 spiro atoms. The molecular weight excluding hydrogens is 500 g/mol. The van der Waals surface area contributed by atoms with Crippen LogP contribution in [0.3, 0.4) is 0 Å². The predicted octanol–water partition coefficient (Wildman–Crippen LogP) is 3.76. The Morgan fingerprint density at radius 1 is 0.974 bits per heavy atom. The lowest BCUT2D eigenvalue weighted by Crippen LogP contribution is -2.52. The van der Waals surface area contributed by atoms with E-state index in [4.69, 9.17) is 9.47 Å². The second-order valence-corrected chi connectivity index (χ2v) is 10.7. The van der Waals surface area contributed by atoms with Gasteiger partial charge in [0.2, 0.25) is 5.91 Å². The van der Waals surface area contributed by atoms with E-state index in [1.54, 1.807) is 23.1 Å². The van der Waals surface area contributed by atoms with Crippen molar-refractivity contribution in [2.75, 3.05) is 49.6 Å². The number of methoxy groups -OCH3 is 1. The normalized spacial score (nSPS) is 16.7. The number of carbonyl (C=O) groups excluding carboxylic acids is 3. The van der Waals surface area contributed by atoms with E-state index in [0.29, 0.717) is 43.4 Å². The number of ether oxygens (including phenoxy) is 2. The molecule has 2 fully saturated rings. The molecule has 0 aliphatic carbocycles. The summed E-state index contributed by atoms with van der Waals surface area (Å²) in [6, 6.07) is 10.8. The van der Waals surface area contributed by atoms with Crippen LogP contribution in [-0.4, -0.2) is 82.7 Å². The molecular formula is C28H34N6O5. The average molecular weight is 535 g/mol. The van der Waals surface area contributed by atoms with Crippen LogP contribution in [0.2, 0.25) is 0 Å². The molecule has 11 nitrogen and oxygen atoms in total. The number of hydrogen-bond acceptors (Lipinski definition) is 7. The third-order valence-corrected chi connectivity index (χ3v) is 6.86. The minimum atomic E-state index is -0.530. The highest BCUT2D eigenvalue weighted by molar-refractivity contribution is 6.05. The van der Waals surface area contributed by atoms with Gasteiger partial charge in [-0.2, -0.15) is 0 Å². The number of amides is 4. The molecule has 3 aromatic rings. The first-order valence-electron chi connectivity index (χ1n) is 13.1. The number of piperazine rings is 1. The van der Waals surface area contributed by atoms with Crippen molar-refractivity contribution in [2.45, 2.75) is 39.3 Å². The lowest BCUT2D eigenvalue weighted by Gasteiger charge is -2.37. The maximum Gasteiger partial charge on any atom is 0.410 e. The van der Waals surface area contributed by atoms with Gasteiger partial charge in [-0.25, -0.2) is 14.6 Å². The number of hydrogen-bond donors (Lipinski definition) is 0. The summed E-state index contributed by atoms with van der Waals surface area (Å²) in [5.74, 6) is 1.12. The molecule has 2 aromatic heterocycles. The fraction of sp³-hybridized carbons (Fsp3) is 0.429. The first kappa shape index (κ1) is 26.3. The minimum Gasteiger partial charge on any atom is -0.497 e. The van der Waals surface area contributed by atoms with Gasteiger partial charge in [-0.1, -0.05) is 12.1 Å². The molecule has 206 valence electrons. The van der Waals surface area contributed by atoms with E-state index in [1.165, 1.54) is 4.90 Å². The van der Waals surface area contributed by atoms with Crippen LogP contribution in [0.4, 0.5) is 21.1 Å². The standard InChI is InChI=1S/C28H34N6O5/c1-28(2,3)39-27(37)31-15-13-30(14-16-31)21-7-10-23-29-17-24(33(23)19-21)32-12-11-25(35)34(26(32)36)18-20-5-8-22(38-4)9-6-20/h5-10,17,19H,11-16,18H2,1-4H3. The number of imide groups is 1. The molecule has 0 bridgehead atoms. The minimum absolute atomic E-state index is 0.183. The molecule has 1 aromatic carbocycles. The molecule has 4 heterocycles. The van der Waals surface area contributed by atoms with E-state index in [0.717, 1.165) is 11.3 Å². The van der Waals surface area contributed by atoms with Crippen molar-refractivity contribution >= 4 is 35.2 Å². The van der Waals surface area contributed by atoms with E-state index < -0.39 is 5.60 Å². The Labute approximate surface area is 227 Å². The molecule has 39 heavy (non-hydrogen) atoms. The highest BCUT2D eigenvalue weighted by Crippen LogP contribution is 2.27. The third-order valence-electron chi connectivity index (χ3n) is 6.86. The fourth-order valence-corrected chi connectivity index (χ4v) is 4.79. The van der Waals surface area contributed by atoms with Gasteiger partial charge in [0, 0.05) is 45.3 Å². The van der Waals surface area contributed by atoms with Crippen LogP contribution in [0, 0.1) is 0 Å². The summed E-state index contributed by atoms with van der Waals surface area (Å²) in [5, 5.41) is 0. The largest absolute Gasteiger partial charge is 0.497 e. The number of rotatable bonds is 5. The maximum atomic E-state index is 13.5. The molecule has 2 aliphatic rings. The molecule has 11 heteroatoms. The second-order valence-electron chi connectivity index (χ2n) is 10.7. The third kappa shape index (κ3) is 5.62. The lowest BCUT2D eigenvalue weighted by atomic mass is 10.2. The zero-order chi connectivity index (χ0) is 27.7. The topological polar surface area (TPSA) is 99.9 Å². The number of benzene rings is 1. The molecule has 0 N–H and O–H groups in total. The molecule has 0 saturated carbocycles. The molecule has 0 atom stereocenters. The molecule has 0 unspecified atom stereocenters. The van der Waals surface area contributed by atoms with Gasteiger partial charge in [-0.15, -0.1) is 0 Å². The summed E-state index contributed by atoms with van der Waals surface area (Å²) in [6.45, 7) is 8.46. The number of fused-ring (bicyclic) bond motifs is 1. The van der Waals surface area contributed by atoms with E-state index in [2.05, 4.69) is 9.88 Å². The van der Waals surface area contributed by atoms with Gasteiger partial charge >= 0.3 is 12.1 Å². The number of carbonyl (C=O) groups is 3. The van der Waals surface area contributed by atoms with E-state index in [-0.39, 0.29) is 37.5 Å². The SMILES string of the molecule is COc1ccc(CN2C(=O)CCN(c3cnc4ccc(N5CCN(C(=O)OC(C)(C)C)CC5)cn34)C2=O)cc1. The van der Waals surface area contributed by atoms with Crippen LogP contribution in [0.25, 0.3) is 5.65 Å². The number of nitrogens with zero attached hydrogens (tertiary/aromatic N) is 6. The molecule has 5 rings (SSSR count). The maximum absolute atomic E-state index is 13.5. The summed E-state index contributed by atoms with van der Waals surface area (Å²) in [4.78, 5) is 50.0. The average Bonchev–Trinajstić information content (AvgIpc) is 3.33. The monoisotopic (exact) mass is 534 g/mol. The van der Waals surface area contributed by atoms with Crippen LogP contribution >= 0.6 is 0 Å². The van der Waals surface area contributed by atoms with Crippen molar-refractivity contribution in [3.63, 3.8) is 0 Å². The Morgan fingerprint density at radius 2 is 1.69 bits per heavy atom. The van der Waals surface area contributed by atoms with Crippen LogP contribution in [0.15, 0.2) is 48.8 Å². The van der Waals surface area contributed by atoms with Gasteiger partial charge in [-0.05, 0) is 50.6 Å². The fourth-order valence-electron chi connectivity index (χ4n) is 4.79. The molecule has 2 saturated heterocycles. The first-order valence-corrected chi connectivity index (χ1v) is 13.1. The summed E-state index contributed by atoms with van der Waals surface area (Å²) in [6.07, 6.45) is 3.55. The smallest absolute Gasteiger partial charge is 0.410 e. The van der Waals surface area contributed by atoms with Crippen molar-refractivity contribution in [3.8, 4) is 5.75 Å². The highest BCUT2D eigenvalue weighted by atomic mass is 16.6. The lowest BCUT2D eigenvalue weighted by molar-refractivity contribution is -0.129. The second kappa shape index (κ2) is 10.5. The van der Waals surface area contributed by atoms with Crippen LogP contribution in [0.1, 0.15) is 32.8 Å². The summed E-state index contributed by atoms with van der Waals surface area (Å²) < 4.78 is 12.6. The Kier molecular flexibility index (Phi) is 7.07. The quantitative estimate of drug-likeness (QED) is 0.491. The van der Waals surface area contributed by atoms with Gasteiger partial charge in [0.1, 0.15) is 22.8 Å². The number of aromatic nitrogens is 2. The van der Waals surface area contributed by atoms with Gasteiger partial charge in [-0.3, -0.25) is 19.0 Å². The van der Waals surface area contributed by atoms with Gasteiger partial charge in [0.05, 0.1) is 25.5 Å². The summed E-state index contributed by atoms with van der Waals surface area (Å²) in [5.41, 5.74) is 1.97. The Morgan fingerprint density at radius 3 is 2.36 bits per heavy atom. The van der Waals surface area contributed by atoms with Crippen LogP contribution in [0.5, 0.6) is 5.75 Å². The van der Waals surface area contributed by atoms with Crippen LogP contribution < -0.4 is 14.5 Å². The van der Waals surface area contributed by atoms with E-state index in [1.807, 2.05) is 67.8 Å². The number of pyridine rings is 1. The Hall–Kier alpha value is -4.28. The van der Waals surface area contributed by atoms with E-state index in [9.17, 15) is 14.4 Å². The van der Waals surface area contributed by atoms with Crippen LogP contribution in [-0.2, 0) is 16.1 Å². The van der Waals surface area contributed by atoms with E-state index >= 15 is 0 Å². The zero-order valence-corrected chi connectivity index (χ0v) is 22.8. The van der Waals surface area contributed by atoms with Crippen molar-refractivity contribution in [1.82, 2.24) is 19.2 Å². The van der Waals surface area contributed by atoms with Gasteiger partial charge in [0.15, 0.2) is 0 Å². The molecule has 4 amide bonds. The van der Waals surface area contributed by atoms with Crippen molar-refractivity contribution in [3.05, 3.63) is 54.4 Å². The summed E-state index contributed by atoms with van der Waals surface area (Å²) >= 11 is 0. The highest BCUT2D eigenvalue weighted by Gasteiger charge is 2.34. The first-order chi connectivity index (χ1) is 18.6. The Balaban J connectivity index is 1.31. The number of anilines is 2. The summed E-state index contributed by atoms with van der Waals surface area (Å²) in [7, 11) is 1.59. The Bertz CT molecular complexity index is 1370. The predicted molar refractivity (Wildman–Crippen MR) is 146 cm³/mol. The molecule has 0 radical (unpaired) electrons.